The third-order valence-electron chi connectivity index (χ3n) is 4.85. The lowest BCUT2D eigenvalue weighted by molar-refractivity contribution is -0.120. The Labute approximate surface area is 162 Å². The molecule has 0 saturated carbocycles. The van der Waals surface area contributed by atoms with Gasteiger partial charge in [-0.3, -0.25) is 15.0 Å². The van der Waals surface area contributed by atoms with Crippen LogP contribution in [0.1, 0.15) is 24.8 Å². The third-order valence-corrected chi connectivity index (χ3v) is 4.85. The normalized spacial score (nSPS) is 21.9. The second-order valence-corrected chi connectivity index (χ2v) is 6.80. The molecule has 142 valence electrons. The number of urea groups is 1. The molecule has 1 aromatic heterocycles. The Morgan fingerprint density at radius 2 is 1.89 bits per heavy atom. The van der Waals surface area contributed by atoms with Gasteiger partial charge in [0, 0.05) is 18.9 Å². The fraction of sp³-hybridized carbons (Fsp3) is 0.238. The minimum atomic E-state index is -0.467. The first kappa shape index (κ1) is 17.9. The molecule has 2 unspecified atom stereocenters. The molecular formula is C21H20N4O3. The molecule has 2 heterocycles. The zero-order chi connectivity index (χ0) is 19.5. The molecule has 2 aliphatic rings. The zero-order valence-corrected chi connectivity index (χ0v) is 15.4. The number of ether oxygens (including phenoxy) is 1. The van der Waals surface area contributed by atoms with E-state index in [2.05, 4.69) is 46.5 Å². The number of carbonyl (C=O) groups is 2. The summed E-state index contributed by atoms with van der Waals surface area (Å²) in [6.45, 7) is 2.47. The fourth-order valence-corrected chi connectivity index (χ4v) is 3.31. The number of aromatic nitrogens is 2. The van der Waals surface area contributed by atoms with Crippen LogP contribution in [0.15, 0.2) is 66.7 Å². The Hall–Kier alpha value is -3.48. The van der Waals surface area contributed by atoms with Crippen molar-refractivity contribution in [2.24, 2.45) is 5.92 Å². The number of benzene rings is 1. The quantitative estimate of drug-likeness (QED) is 0.886. The van der Waals surface area contributed by atoms with E-state index >= 15 is 0 Å². The number of hydrogen-bond donors (Lipinski definition) is 1. The maximum Gasteiger partial charge on any atom is 0.328 e. The minimum absolute atomic E-state index is 0.203. The van der Waals surface area contributed by atoms with E-state index in [9.17, 15) is 9.59 Å². The maximum atomic E-state index is 11.9. The molecule has 7 nitrogen and oxygen atoms in total. The lowest BCUT2D eigenvalue weighted by atomic mass is 9.84. The molecule has 2 atom stereocenters. The van der Waals surface area contributed by atoms with Gasteiger partial charge in [-0.1, -0.05) is 43.3 Å². The molecule has 1 aliphatic carbocycles. The van der Waals surface area contributed by atoms with Crippen LogP contribution in [0.3, 0.4) is 0 Å². The van der Waals surface area contributed by atoms with Crippen LogP contribution in [0.25, 0.3) is 0 Å². The highest BCUT2D eigenvalue weighted by Crippen LogP contribution is 2.32. The molecule has 0 bridgehead atoms. The van der Waals surface area contributed by atoms with Gasteiger partial charge in [0.25, 0.3) is 0 Å². The Balaban J connectivity index is 1.47. The summed E-state index contributed by atoms with van der Waals surface area (Å²) in [5.74, 6) is 0.981. The van der Waals surface area contributed by atoms with Crippen LogP contribution in [0, 0.1) is 5.92 Å². The molecule has 2 aromatic rings. The Bertz CT molecular complexity index is 938. The summed E-state index contributed by atoms with van der Waals surface area (Å²) >= 11 is 0. The number of nitrogens with zero attached hydrogens (tertiary/aromatic N) is 3. The number of nitrogens with one attached hydrogen (secondary N) is 1. The number of amides is 3. The molecule has 3 amide bonds. The third kappa shape index (κ3) is 3.78. The van der Waals surface area contributed by atoms with Crippen LogP contribution < -0.4 is 15.0 Å². The summed E-state index contributed by atoms with van der Waals surface area (Å²) in [6.07, 6.45) is 9.38. The average molecular weight is 376 g/mol. The molecule has 1 aromatic carbocycles. The second-order valence-electron chi connectivity index (χ2n) is 6.80. The largest absolute Gasteiger partial charge is 0.425 e. The van der Waals surface area contributed by atoms with Gasteiger partial charge in [-0.25, -0.2) is 14.8 Å². The van der Waals surface area contributed by atoms with Crippen LogP contribution in [0.2, 0.25) is 0 Å². The molecule has 28 heavy (non-hydrogen) atoms. The van der Waals surface area contributed by atoms with Gasteiger partial charge in [0.2, 0.25) is 5.91 Å². The highest BCUT2D eigenvalue weighted by molar-refractivity contribution is 6.05. The topological polar surface area (TPSA) is 84.4 Å². The van der Waals surface area contributed by atoms with E-state index in [4.69, 9.17) is 4.74 Å². The summed E-state index contributed by atoms with van der Waals surface area (Å²) in [4.78, 5) is 33.0. The summed E-state index contributed by atoms with van der Waals surface area (Å²) in [7, 11) is 0. The maximum absolute atomic E-state index is 11.9. The average Bonchev–Trinajstić information content (AvgIpc) is 2.71. The van der Waals surface area contributed by atoms with Gasteiger partial charge in [-0.2, -0.15) is 0 Å². The second kappa shape index (κ2) is 7.64. The molecular weight excluding hydrogens is 356 g/mol. The molecule has 4 rings (SSSR count). The molecule has 0 spiro atoms. The van der Waals surface area contributed by atoms with Crippen molar-refractivity contribution in [1.29, 1.82) is 0 Å². The fourth-order valence-electron chi connectivity index (χ4n) is 3.31. The smallest absolute Gasteiger partial charge is 0.328 e. The summed E-state index contributed by atoms with van der Waals surface area (Å²) < 4.78 is 5.82. The van der Waals surface area contributed by atoms with Crippen molar-refractivity contribution >= 4 is 17.6 Å². The van der Waals surface area contributed by atoms with Crippen molar-refractivity contribution in [3.05, 3.63) is 72.3 Å². The summed E-state index contributed by atoms with van der Waals surface area (Å²) in [6, 6.07) is 10.0. The van der Waals surface area contributed by atoms with Gasteiger partial charge in [0.1, 0.15) is 5.76 Å². The summed E-state index contributed by atoms with van der Waals surface area (Å²) in [5.41, 5.74) is 1.74. The predicted octanol–water partition coefficient (Wildman–Crippen LogP) is 3.18. The van der Waals surface area contributed by atoms with Gasteiger partial charge >= 0.3 is 12.0 Å². The minimum Gasteiger partial charge on any atom is -0.425 e. The first-order valence-electron chi connectivity index (χ1n) is 9.16. The van der Waals surface area contributed by atoms with E-state index in [-0.39, 0.29) is 24.3 Å². The van der Waals surface area contributed by atoms with Gasteiger partial charge in [0.05, 0.1) is 18.1 Å². The lowest BCUT2D eigenvalue weighted by Crippen LogP contribution is -2.49. The van der Waals surface area contributed by atoms with E-state index in [1.807, 2.05) is 24.3 Å². The van der Waals surface area contributed by atoms with Crippen molar-refractivity contribution in [3.8, 4) is 6.01 Å². The number of allylic oxidation sites excluding steroid dienone is 3. The van der Waals surface area contributed by atoms with Gasteiger partial charge in [0.15, 0.2) is 0 Å². The van der Waals surface area contributed by atoms with Gasteiger partial charge in [-0.15, -0.1) is 0 Å². The number of anilines is 1. The van der Waals surface area contributed by atoms with E-state index in [0.29, 0.717) is 23.9 Å². The van der Waals surface area contributed by atoms with Gasteiger partial charge < -0.3 is 4.74 Å². The van der Waals surface area contributed by atoms with Crippen molar-refractivity contribution < 1.29 is 14.3 Å². The van der Waals surface area contributed by atoms with E-state index in [1.165, 1.54) is 22.9 Å². The molecule has 1 saturated heterocycles. The standard InChI is InChI=1S/C21H20N4O3/c1-14-7-8-17(11-18(14)15-5-3-2-4-6-15)28-20-22-12-16(13-23-20)25-10-9-19(26)24-21(25)27/h2-8,11-14,18H,9-10H2,1H3,(H,24,26,27). The van der Waals surface area contributed by atoms with Crippen LogP contribution in [-0.2, 0) is 4.79 Å². The number of imide groups is 1. The van der Waals surface area contributed by atoms with E-state index < -0.39 is 6.03 Å². The van der Waals surface area contributed by atoms with Crippen LogP contribution in [-0.4, -0.2) is 28.5 Å². The van der Waals surface area contributed by atoms with Crippen molar-refractivity contribution in [2.75, 3.05) is 11.4 Å². The highest BCUT2D eigenvalue weighted by Gasteiger charge is 2.25. The molecule has 7 heteroatoms. The Morgan fingerprint density at radius 1 is 1.14 bits per heavy atom. The number of hydrogen-bond acceptors (Lipinski definition) is 5. The van der Waals surface area contributed by atoms with Gasteiger partial charge in [-0.05, 0) is 23.6 Å². The molecule has 1 N–H and O–H groups in total. The predicted molar refractivity (Wildman–Crippen MR) is 104 cm³/mol. The first-order valence-corrected chi connectivity index (χ1v) is 9.16. The van der Waals surface area contributed by atoms with E-state index in [0.717, 1.165) is 0 Å². The zero-order valence-electron chi connectivity index (χ0n) is 15.4. The molecule has 0 radical (unpaired) electrons. The van der Waals surface area contributed by atoms with Crippen LogP contribution >= 0.6 is 0 Å². The lowest BCUT2D eigenvalue weighted by Gasteiger charge is -2.26. The SMILES string of the molecule is CC1C=CC(Oc2ncc(N3CCC(=O)NC3=O)cn2)=CC1c1ccccc1. The molecule has 1 aliphatic heterocycles. The summed E-state index contributed by atoms with van der Waals surface area (Å²) in [5, 5.41) is 2.28. The molecule has 1 fully saturated rings. The van der Waals surface area contributed by atoms with Crippen molar-refractivity contribution in [2.45, 2.75) is 19.3 Å². The number of rotatable bonds is 4. The first-order chi connectivity index (χ1) is 13.6. The number of carbonyl (C=O) groups excluding carboxylic acids is 2. The Kier molecular flexibility index (Phi) is 4.89. The Morgan fingerprint density at radius 3 is 2.61 bits per heavy atom. The highest BCUT2D eigenvalue weighted by atomic mass is 16.5. The van der Waals surface area contributed by atoms with E-state index in [1.54, 1.807) is 0 Å². The van der Waals surface area contributed by atoms with Crippen molar-refractivity contribution in [3.63, 3.8) is 0 Å². The van der Waals surface area contributed by atoms with Crippen molar-refractivity contribution in [1.82, 2.24) is 15.3 Å². The van der Waals surface area contributed by atoms with Crippen LogP contribution in [0.5, 0.6) is 6.01 Å². The van der Waals surface area contributed by atoms with Crippen LogP contribution in [0.4, 0.5) is 10.5 Å². The monoisotopic (exact) mass is 376 g/mol.